The number of rotatable bonds is 5. The number of hydrogen-bond donors (Lipinski definition) is 0. The molecule has 6 heteroatoms. The summed E-state index contributed by atoms with van der Waals surface area (Å²) in [4.78, 5) is 2.34. The summed E-state index contributed by atoms with van der Waals surface area (Å²) in [5, 5.41) is 0. The van der Waals surface area contributed by atoms with Crippen molar-refractivity contribution in [1.82, 2.24) is 0 Å². The molecule has 0 bridgehead atoms. The molecule has 5 nitrogen and oxygen atoms in total. The number of nitrogens with zero attached hydrogens (tertiary/aromatic N) is 1. The van der Waals surface area contributed by atoms with Gasteiger partial charge in [0.15, 0.2) is 5.75 Å². The summed E-state index contributed by atoms with van der Waals surface area (Å²) in [5.41, 5.74) is 10.4. The first-order chi connectivity index (χ1) is 27.3. The highest BCUT2D eigenvalue weighted by atomic mass is 16.5. The number of benzene rings is 8. The van der Waals surface area contributed by atoms with Gasteiger partial charge in [-0.1, -0.05) is 121 Å². The van der Waals surface area contributed by atoms with E-state index in [4.69, 9.17) is 18.9 Å². The fourth-order valence-corrected chi connectivity index (χ4v) is 9.38. The smallest absolute Gasteiger partial charge is 0.270 e. The van der Waals surface area contributed by atoms with Gasteiger partial charge >= 0.3 is 0 Å². The van der Waals surface area contributed by atoms with Crippen LogP contribution >= 0.6 is 0 Å². The summed E-state index contributed by atoms with van der Waals surface area (Å²) < 4.78 is 26.6. The van der Waals surface area contributed by atoms with Gasteiger partial charge < -0.3 is 23.8 Å². The van der Waals surface area contributed by atoms with Crippen molar-refractivity contribution in [2.24, 2.45) is 0 Å². The topological polar surface area (TPSA) is 40.2 Å². The van der Waals surface area contributed by atoms with Crippen molar-refractivity contribution < 1.29 is 18.9 Å². The highest BCUT2D eigenvalue weighted by molar-refractivity contribution is 6.99. The Bertz CT molecular complexity index is 2690. The van der Waals surface area contributed by atoms with E-state index in [9.17, 15) is 0 Å². The number of fused-ring (bicyclic) bond motifs is 2. The van der Waals surface area contributed by atoms with Crippen molar-refractivity contribution in [2.75, 3.05) is 4.90 Å². The Kier molecular flexibility index (Phi) is 6.29. The van der Waals surface area contributed by atoms with Gasteiger partial charge in [0, 0.05) is 28.5 Å². The van der Waals surface area contributed by atoms with Gasteiger partial charge in [-0.3, -0.25) is 0 Å². The molecule has 0 fully saturated rings. The predicted octanol–water partition coefficient (Wildman–Crippen LogP) is 10.5. The van der Waals surface area contributed by atoms with Crippen molar-refractivity contribution in [1.29, 1.82) is 0 Å². The molecule has 0 radical (unpaired) electrons. The first-order valence-corrected chi connectivity index (χ1v) is 18.6. The van der Waals surface area contributed by atoms with Crippen LogP contribution in [0.15, 0.2) is 182 Å². The van der Waals surface area contributed by atoms with E-state index in [1.807, 2.05) is 60.7 Å². The maximum absolute atomic E-state index is 6.97. The summed E-state index contributed by atoms with van der Waals surface area (Å²) in [7, 11) is 0. The normalized spacial score (nSPS) is 14.3. The quantitative estimate of drug-likeness (QED) is 0.167. The van der Waals surface area contributed by atoms with Gasteiger partial charge in [0.25, 0.3) is 6.71 Å². The first-order valence-electron chi connectivity index (χ1n) is 18.6. The molecule has 0 unspecified atom stereocenters. The molecule has 0 aliphatic carbocycles. The number of para-hydroxylation sites is 4. The molecule has 0 spiro atoms. The van der Waals surface area contributed by atoms with Crippen LogP contribution in [-0.2, 0) is 5.41 Å². The van der Waals surface area contributed by atoms with Gasteiger partial charge in [0.05, 0.1) is 22.5 Å². The van der Waals surface area contributed by atoms with Gasteiger partial charge in [-0.25, -0.2) is 0 Å². The molecule has 8 aromatic carbocycles. The predicted molar refractivity (Wildman–Crippen MR) is 217 cm³/mol. The van der Waals surface area contributed by atoms with E-state index >= 15 is 0 Å². The Morgan fingerprint density at radius 2 is 0.818 bits per heavy atom. The Morgan fingerprint density at radius 3 is 1.35 bits per heavy atom. The summed E-state index contributed by atoms with van der Waals surface area (Å²) >= 11 is 0. The van der Waals surface area contributed by atoms with E-state index in [0.717, 1.165) is 56.4 Å². The third-order valence-corrected chi connectivity index (χ3v) is 11.5. The SMILES string of the molecule is c1ccc(C2(c3ccccc3)c3ccccc3N(c3ccccc3Oc3cc4c5c(c3)Oc3cccc6c3B5c3c(cccc3O4)O6)c3ccccc32)cc1. The van der Waals surface area contributed by atoms with E-state index in [2.05, 4.69) is 126 Å². The molecular formula is C49H30BNO4. The van der Waals surface area contributed by atoms with E-state index in [1.54, 1.807) is 0 Å². The fourth-order valence-electron chi connectivity index (χ4n) is 9.38. The standard InChI is InChI=1S/C49H30BNO4/c1-3-15-31(16-4-1)49(32-17-5-2-6-18-32)34-19-7-9-21-36(34)51(37-22-10-8-20-35(37)49)38-23-11-12-24-39(38)52-33-29-44-48-45(30-33)55-43-28-14-26-41-47(43)50(48)46-40(53-41)25-13-27-42(46)54-44/h1-30H. The van der Waals surface area contributed by atoms with Gasteiger partial charge in [0.2, 0.25) is 0 Å². The first kappa shape index (κ1) is 30.3. The summed E-state index contributed by atoms with van der Waals surface area (Å²) in [6.45, 7) is -0.0594. The molecule has 0 aromatic heterocycles. The van der Waals surface area contributed by atoms with E-state index in [0.29, 0.717) is 23.0 Å². The maximum atomic E-state index is 6.97. The Balaban J connectivity index is 1.02. The minimum atomic E-state index is -0.561. The molecule has 0 saturated carbocycles. The molecule has 258 valence electrons. The Labute approximate surface area is 318 Å². The summed E-state index contributed by atoms with van der Waals surface area (Å²) in [5.74, 6) is 5.93. The Morgan fingerprint density at radius 1 is 0.400 bits per heavy atom. The zero-order valence-corrected chi connectivity index (χ0v) is 29.5. The Hall–Kier alpha value is -7.18. The molecule has 0 saturated heterocycles. The van der Waals surface area contributed by atoms with Crippen LogP contribution in [0.2, 0.25) is 0 Å². The minimum absolute atomic E-state index is 0.0594. The molecule has 0 atom stereocenters. The molecule has 4 aliphatic heterocycles. The largest absolute Gasteiger partial charge is 0.458 e. The van der Waals surface area contributed by atoms with Crippen molar-refractivity contribution in [3.63, 3.8) is 0 Å². The number of ether oxygens (including phenoxy) is 4. The van der Waals surface area contributed by atoms with Crippen LogP contribution in [0.1, 0.15) is 22.3 Å². The zero-order valence-electron chi connectivity index (χ0n) is 29.5. The van der Waals surface area contributed by atoms with E-state index in [1.165, 1.54) is 22.3 Å². The molecule has 55 heavy (non-hydrogen) atoms. The summed E-state index contributed by atoms with van der Waals surface area (Å²) in [6, 6.07) is 63.4. The molecule has 4 aliphatic rings. The van der Waals surface area contributed by atoms with Crippen LogP contribution in [0.5, 0.6) is 46.0 Å². The van der Waals surface area contributed by atoms with Gasteiger partial charge in [-0.05, 0) is 70.8 Å². The number of anilines is 3. The van der Waals surface area contributed by atoms with Crippen molar-refractivity contribution in [3.8, 4) is 46.0 Å². The molecule has 0 amide bonds. The van der Waals surface area contributed by atoms with Crippen LogP contribution in [0.25, 0.3) is 0 Å². The maximum Gasteiger partial charge on any atom is 0.270 e. The lowest BCUT2D eigenvalue weighted by molar-refractivity contribution is 0.431. The summed E-state index contributed by atoms with van der Waals surface area (Å²) in [6.07, 6.45) is 0. The fraction of sp³-hybridized carbons (Fsp3) is 0.0204. The average Bonchev–Trinajstić information content (AvgIpc) is 3.24. The highest BCUT2D eigenvalue weighted by Gasteiger charge is 2.48. The third-order valence-electron chi connectivity index (χ3n) is 11.5. The van der Waals surface area contributed by atoms with Crippen LogP contribution in [0, 0.1) is 0 Å². The molecule has 12 rings (SSSR count). The molecule has 0 N–H and O–H groups in total. The number of hydrogen-bond acceptors (Lipinski definition) is 5. The molecule has 8 aromatic rings. The lowest BCUT2D eigenvalue weighted by Crippen LogP contribution is -2.59. The van der Waals surface area contributed by atoms with Crippen molar-refractivity contribution in [3.05, 3.63) is 204 Å². The van der Waals surface area contributed by atoms with E-state index < -0.39 is 5.41 Å². The van der Waals surface area contributed by atoms with Crippen LogP contribution in [0.3, 0.4) is 0 Å². The third kappa shape index (κ3) is 4.19. The lowest BCUT2D eigenvalue weighted by Gasteiger charge is -2.46. The van der Waals surface area contributed by atoms with E-state index in [-0.39, 0.29) is 6.71 Å². The monoisotopic (exact) mass is 707 g/mol. The minimum Gasteiger partial charge on any atom is -0.458 e. The average molecular weight is 708 g/mol. The van der Waals surface area contributed by atoms with Gasteiger partial charge in [0.1, 0.15) is 40.2 Å². The second-order valence-corrected chi connectivity index (χ2v) is 14.3. The van der Waals surface area contributed by atoms with Crippen molar-refractivity contribution >= 4 is 40.2 Å². The second-order valence-electron chi connectivity index (χ2n) is 14.3. The zero-order chi connectivity index (χ0) is 36.1. The van der Waals surface area contributed by atoms with Crippen LogP contribution < -0.4 is 40.2 Å². The van der Waals surface area contributed by atoms with Crippen LogP contribution in [0.4, 0.5) is 17.1 Å². The highest BCUT2D eigenvalue weighted by Crippen LogP contribution is 2.58. The lowest BCUT2D eigenvalue weighted by atomic mass is 9.34. The van der Waals surface area contributed by atoms with Crippen molar-refractivity contribution in [2.45, 2.75) is 5.41 Å². The molecule has 4 heterocycles. The second kappa shape index (κ2) is 11.4. The van der Waals surface area contributed by atoms with Gasteiger partial charge in [-0.2, -0.15) is 0 Å². The molecular weight excluding hydrogens is 677 g/mol. The van der Waals surface area contributed by atoms with Crippen LogP contribution in [-0.4, -0.2) is 6.71 Å². The van der Waals surface area contributed by atoms with Gasteiger partial charge in [-0.15, -0.1) is 0 Å².